The number of rotatable bonds is 3. The molecule has 1 aliphatic carbocycles. The van der Waals surface area contributed by atoms with Gasteiger partial charge in [0.15, 0.2) is 0 Å². The zero-order valence-corrected chi connectivity index (χ0v) is 14.1. The van der Waals surface area contributed by atoms with E-state index < -0.39 is 11.4 Å². The molecular formula is C17H20BrNO3. The number of likely N-dealkylation sites (tertiary alicyclic amines) is 1. The molecule has 0 radical (unpaired) electrons. The summed E-state index contributed by atoms with van der Waals surface area (Å²) >= 11 is 3.58. The Kier molecular flexibility index (Phi) is 3.46. The lowest BCUT2D eigenvalue weighted by molar-refractivity contribution is -0.149. The summed E-state index contributed by atoms with van der Waals surface area (Å²) in [7, 11) is 0. The Balaban J connectivity index is 1.58. The molecule has 5 heteroatoms. The summed E-state index contributed by atoms with van der Waals surface area (Å²) in [5.74, 6) is 0.726. The summed E-state index contributed by atoms with van der Waals surface area (Å²) < 4.78 is 6.88. The van der Waals surface area contributed by atoms with Gasteiger partial charge in [0.2, 0.25) is 0 Å². The Morgan fingerprint density at radius 2 is 2.36 bits per heavy atom. The number of carboxylic acid groups (broad SMARTS) is 1. The quantitative estimate of drug-likeness (QED) is 0.893. The van der Waals surface area contributed by atoms with Crippen LogP contribution in [0.25, 0.3) is 0 Å². The van der Waals surface area contributed by atoms with E-state index in [1.54, 1.807) is 0 Å². The van der Waals surface area contributed by atoms with E-state index in [1.807, 2.05) is 0 Å². The highest BCUT2D eigenvalue weighted by atomic mass is 79.9. The first-order valence-electron chi connectivity index (χ1n) is 7.98. The molecule has 22 heavy (non-hydrogen) atoms. The predicted octanol–water partition coefficient (Wildman–Crippen LogP) is 3.07. The van der Waals surface area contributed by atoms with Gasteiger partial charge in [-0.3, -0.25) is 9.69 Å². The molecule has 0 aromatic heterocycles. The lowest BCUT2D eigenvalue weighted by Gasteiger charge is -2.23. The number of benzene rings is 1. The summed E-state index contributed by atoms with van der Waals surface area (Å²) in [5.41, 5.74) is 1.94. The average molecular weight is 366 g/mol. The Labute approximate surface area is 138 Å². The van der Waals surface area contributed by atoms with E-state index in [0.29, 0.717) is 12.5 Å². The van der Waals surface area contributed by atoms with Crippen LogP contribution >= 0.6 is 15.9 Å². The number of hydrogen-bond donors (Lipinski definition) is 1. The normalized spacial score (nSPS) is 30.1. The zero-order valence-electron chi connectivity index (χ0n) is 12.5. The van der Waals surface area contributed by atoms with E-state index in [-0.39, 0.29) is 0 Å². The molecule has 1 aromatic carbocycles. The Morgan fingerprint density at radius 1 is 1.50 bits per heavy atom. The van der Waals surface area contributed by atoms with Crippen LogP contribution in [0.15, 0.2) is 16.6 Å². The van der Waals surface area contributed by atoms with E-state index in [2.05, 4.69) is 33.0 Å². The van der Waals surface area contributed by atoms with Gasteiger partial charge in [0.05, 0.1) is 12.0 Å². The van der Waals surface area contributed by atoms with Crippen LogP contribution in [0, 0.1) is 11.3 Å². The van der Waals surface area contributed by atoms with Crippen molar-refractivity contribution >= 4 is 21.9 Å². The highest BCUT2D eigenvalue weighted by Gasteiger charge is 2.54. The molecule has 2 fully saturated rings. The highest BCUT2D eigenvalue weighted by Crippen LogP contribution is 2.49. The smallest absolute Gasteiger partial charge is 0.311 e. The first-order valence-corrected chi connectivity index (χ1v) is 8.78. The summed E-state index contributed by atoms with van der Waals surface area (Å²) in [6.45, 7) is 3.11. The zero-order chi connectivity index (χ0) is 15.3. The number of aliphatic carboxylic acids is 1. The molecule has 2 heterocycles. The average Bonchev–Trinajstić information content (AvgIpc) is 3.11. The van der Waals surface area contributed by atoms with Crippen molar-refractivity contribution in [1.82, 2.24) is 4.90 Å². The monoisotopic (exact) mass is 365 g/mol. The van der Waals surface area contributed by atoms with E-state index in [0.717, 1.165) is 55.6 Å². The molecule has 1 N–H and O–H groups in total. The Morgan fingerprint density at radius 3 is 3.14 bits per heavy atom. The van der Waals surface area contributed by atoms with E-state index >= 15 is 0 Å². The molecule has 0 bridgehead atoms. The molecule has 0 amide bonds. The minimum Gasteiger partial charge on any atom is -0.493 e. The van der Waals surface area contributed by atoms with Crippen molar-refractivity contribution in [2.75, 3.05) is 19.7 Å². The van der Waals surface area contributed by atoms with Crippen LogP contribution in [0.3, 0.4) is 0 Å². The third-order valence-corrected chi connectivity index (χ3v) is 6.04. The van der Waals surface area contributed by atoms with Crippen molar-refractivity contribution in [3.63, 3.8) is 0 Å². The summed E-state index contributed by atoms with van der Waals surface area (Å²) in [4.78, 5) is 14.1. The number of fused-ring (bicyclic) bond motifs is 2. The van der Waals surface area contributed by atoms with Crippen molar-refractivity contribution in [2.24, 2.45) is 11.3 Å². The van der Waals surface area contributed by atoms with Crippen LogP contribution < -0.4 is 4.74 Å². The molecule has 4 rings (SSSR count). The Hall–Kier alpha value is -1.07. The molecule has 3 aliphatic rings. The predicted molar refractivity (Wildman–Crippen MR) is 86.0 cm³/mol. The molecule has 1 saturated heterocycles. The molecule has 118 valence electrons. The second-order valence-electron chi connectivity index (χ2n) is 6.87. The van der Waals surface area contributed by atoms with Crippen LogP contribution in [-0.2, 0) is 17.8 Å². The van der Waals surface area contributed by atoms with Crippen LogP contribution in [0.4, 0.5) is 0 Å². The largest absolute Gasteiger partial charge is 0.493 e. The molecule has 0 unspecified atom stereocenters. The van der Waals surface area contributed by atoms with E-state index in [1.165, 1.54) is 11.1 Å². The van der Waals surface area contributed by atoms with Gasteiger partial charge in [-0.15, -0.1) is 0 Å². The molecule has 2 atom stereocenters. The summed E-state index contributed by atoms with van der Waals surface area (Å²) in [6, 6.07) is 4.25. The molecule has 0 spiro atoms. The standard InChI is InChI=1S/C17H20BrNO3/c18-14-6-11-3-5-22-15(11)12(7-14)8-19-9-13-2-1-4-17(13,10-19)16(20)21/h6-7,13H,1-5,8-10H2,(H,20,21)/t13-,17+/m0/s1. The first kappa shape index (κ1) is 14.5. The van der Waals surface area contributed by atoms with Crippen molar-refractivity contribution in [2.45, 2.75) is 32.2 Å². The number of nitrogens with zero attached hydrogens (tertiary/aromatic N) is 1. The number of hydrogen-bond acceptors (Lipinski definition) is 3. The SMILES string of the molecule is O=C(O)[C@@]12CCC[C@H]1CN(Cc1cc(Br)cc3c1OCC3)C2. The highest BCUT2D eigenvalue weighted by molar-refractivity contribution is 9.10. The van der Waals surface area contributed by atoms with Gasteiger partial charge in [0, 0.05) is 36.1 Å². The van der Waals surface area contributed by atoms with Gasteiger partial charge in [-0.1, -0.05) is 22.4 Å². The van der Waals surface area contributed by atoms with Gasteiger partial charge in [0.25, 0.3) is 0 Å². The third-order valence-electron chi connectivity index (χ3n) is 5.59. The molecule has 2 aliphatic heterocycles. The second kappa shape index (κ2) is 5.24. The first-order chi connectivity index (χ1) is 10.6. The topological polar surface area (TPSA) is 49.8 Å². The van der Waals surface area contributed by atoms with Crippen molar-refractivity contribution in [3.05, 3.63) is 27.7 Å². The molecule has 1 saturated carbocycles. The fraction of sp³-hybridized carbons (Fsp3) is 0.588. The maximum absolute atomic E-state index is 11.8. The summed E-state index contributed by atoms with van der Waals surface area (Å²) in [6.07, 6.45) is 3.90. The fourth-order valence-electron chi connectivity index (χ4n) is 4.57. The van der Waals surface area contributed by atoms with Crippen molar-refractivity contribution < 1.29 is 14.6 Å². The third kappa shape index (κ3) is 2.17. The summed E-state index contributed by atoms with van der Waals surface area (Å²) in [5, 5.41) is 9.70. The molecule has 1 aromatic rings. The fourth-order valence-corrected chi connectivity index (χ4v) is 5.12. The number of ether oxygens (including phenoxy) is 1. The van der Waals surface area contributed by atoms with Crippen molar-refractivity contribution in [1.29, 1.82) is 0 Å². The number of carboxylic acids is 1. The maximum atomic E-state index is 11.8. The van der Waals surface area contributed by atoms with Gasteiger partial charge in [0.1, 0.15) is 5.75 Å². The van der Waals surface area contributed by atoms with Gasteiger partial charge in [-0.05, 0) is 36.5 Å². The van der Waals surface area contributed by atoms with Crippen molar-refractivity contribution in [3.8, 4) is 5.75 Å². The molecule has 4 nitrogen and oxygen atoms in total. The van der Waals surface area contributed by atoms with Gasteiger partial charge >= 0.3 is 5.97 Å². The van der Waals surface area contributed by atoms with E-state index in [9.17, 15) is 9.90 Å². The lowest BCUT2D eigenvalue weighted by Crippen LogP contribution is -2.35. The second-order valence-corrected chi connectivity index (χ2v) is 7.79. The van der Waals surface area contributed by atoms with Gasteiger partial charge in [-0.25, -0.2) is 0 Å². The minimum atomic E-state index is -0.603. The van der Waals surface area contributed by atoms with Crippen LogP contribution in [0.2, 0.25) is 0 Å². The lowest BCUT2D eigenvalue weighted by atomic mass is 9.81. The maximum Gasteiger partial charge on any atom is 0.311 e. The van der Waals surface area contributed by atoms with Gasteiger partial charge in [-0.2, -0.15) is 0 Å². The van der Waals surface area contributed by atoms with Crippen LogP contribution in [-0.4, -0.2) is 35.7 Å². The van der Waals surface area contributed by atoms with Crippen LogP contribution in [0.5, 0.6) is 5.75 Å². The number of carbonyl (C=O) groups is 1. The van der Waals surface area contributed by atoms with E-state index in [4.69, 9.17) is 4.74 Å². The minimum absolute atomic E-state index is 0.311. The number of halogens is 1. The van der Waals surface area contributed by atoms with Crippen LogP contribution in [0.1, 0.15) is 30.4 Å². The molecular weight excluding hydrogens is 346 g/mol. The Bertz CT molecular complexity index is 633. The van der Waals surface area contributed by atoms with Gasteiger partial charge < -0.3 is 9.84 Å².